The van der Waals surface area contributed by atoms with Crippen LogP contribution in [0.4, 0.5) is 0 Å². The fourth-order valence-electron chi connectivity index (χ4n) is 2.43. The summed E-state index contributed by atoms with van der Waals surface area (Å²) in [5.41, 5.74) is 0.749. The van der Waals surface area contributed by atoms with Crippen molar-refractivity contribution in [1.29, 1.82) is 5.26 Å². The molecule has 1 amide bonds. The van der Waals surface area contributed by atoms with E-state index in [0.717, 1.165) is 5.56 Å². The van der Waals surface area contributed by atoms with Gasteiger partial charge >= 0.3 is 0 Å². The first-order valence-electron chi connectivity index (χ1n) is 8.14. The molecule has 0 radical (unpaired) electrons. The monoisotopic (exact) mass is 375 g/mol. The fraction of sp³-hybridized carbons (Fsp3) is 0.333. The topological polar surface area (TPSA) is 112 Å². The fourth-order valence-corrected chi connectivity index (χ4v) is 3.63. The lowest BCUT2D eigenvalue weighted by molar-refractivity contribution is -0.122. The molecule has 26 heavy (non-hydrogen) atoms. The van der Waals surface area contributed by atoms with Gasteiger partial charge in [0.25, 0.3) is 0 Å². The number of nitrogens with zero attached hydrogens (tertiary/aromatic N) is 1. The quantitative estimate of drug-likeness (QED) is 0.688. The van der Waals surface area contributed by atoms with Crippen LogP contribution in [0.2, 0.25) is 0 Å². The average molecular weight is 375 g/mol. The van der Waals surface area contributed by atoms with Crippen LogP contribution in [0.25, 0.3) is 11.3 Å². The molecular formula is C18H21N3O4S. The second-order valence-electron chi connectivity index (χ2n) is 6.18. The Morgan fingerprint density at radius 2 is 1.92 bits per heavy atom. The van der Waals surface area contributed by atoms with Crippen LogP contribution in [-0.4, -0.2) is 26.9 Å². The number of nitrogens with one attached hydrogen (secondary N) is 2. The Balaban J connectivity index is 2.18. The highest BCUT2D eigenvalue weighted by Crippen LogP contribution is 2.22. The number of carbonyl (C=O) groups is 1. The molecule has 0 unspecified atom stereocenters. The lowest BCUT2D eigenvalue weighted by Gasteiger charge is -2.19. The molecule has 2 rings (SSSR count). The van der Waals surface area contributed by atoms with Crippen molar-refractivity contribution in [2.75, 3.05) is 6.54 Å². The normalized spacial score (nSPS) is 12.5. The number of furan rings is 1. The Bertz CT molecular complexity index is 866. The molecule has 8 heteroatoms. The average Bonchev–Trinajstić information content (AvgIpc) is 3.13. The van der Waals surface area contributed by atoms with Crippen molar-refractivity contribution in [2.24, 2.45) is 5.92 Å². The van der Waals surface area contributed by atoms with Gasteiger partial charge in [0.2, 0.25) is 15.9 Å². The molecule has 0 aliphatic rings. The molecule has 1 aromatic heterocycles. The van der Waals surface area contributed by atoms with E-state index in [9.17, 15) is 13.2 Å². The summed E-state index contributed by atoms with van der Waals surface area (Å²) >= 11 is 0. The molecule has 138 valence electrons. The molecule has 0 saturated carbocycles. The zero-order valence-electron chi connectivity index (χ0n) is 14.6. The smallest absolute Gasteiger partial charge is 0.241 e. The Labute approximate surface area is 153 Å². The summed E-state index contributed by atoms with van der Waals surface area (Å²) < 4.78 is 33.0. The summed E-state index contributed by atoms with van der Waals surface area (Å²) in [5.74, 6) is 0.211. The molecule has 0 aliphatic heterocycles. The van der Waals surface area contributed by atoms with E-state index in [1.165, 1.54) is 18.4 Å². The molecule has 0 bridgehead atoms. The maximum atomic E-state index is 12.6. The van der Waals surface area contributed by atoms with Gasteiger partial charge in [-0.2, -0.15) is 9.98 Å². The van der Waals surface area contributed by atoms with E-state index in [1.807, 2.05) is 13.8 Å². The van der Waals surface area contributed by atoms with Crippen molar-refractivity contribution in [3.8, 4) is 17.4 Å². The van der Waals surface area contributed by atoms with Crippen molar-refractivity contribution in [3.05, 3.63) is 42.7 Å². The molecule has 1 heterocycles. The first kappa shape index (κ1) is 19.7. The number of benzene rings is 1. The van der Waals surface area contributed by atoms with Gasteiger partial charge in [-0.15, -0.1) is 0 Å². The van der Waals surface area contributed by atoms with Crippen LogP contribution >= 0.6 is 0 Å². The van der Waals surface area contributed by atoms with Crippen LogP contribution < -0.4 is 10.0 Å². The Morgan fingerprint density at radius 1 is 1.23 bits per heavy atom. The molecule has 7 nitrogen and oxygen atoms in total. The van der Waals surface area contributed by atoms with Gasteiger partial charge in [-0.05, 0) is 48.7 Å². The molecule has 0 spiro atoms. The second kappa shape index (κ2) is 8.65. The number of hydrogen-bond acceptors (Lipinski definition) is 5. The third-order valence-corrected chi connectivity index (χ3v) is 5.12. The van der Waals surface area contributed by atoms with Crippen molar-refractivity contribution < 1.29 is 17.6 Å². The Morgan fingerprint density at radius 3 is 2.46 bits per heavy atom. The number of nitriles is 1. The van der Waals surface area contributed by atoms with Crippen molar-refractivity contribution >= 4 is 15.9 Å². The number of rotatable bonds is 8. The summed E-state index contributed by atoms with van der Waals surface area (Å²) in [6.45, 7) is 3.60. The largest absolute Gasteiger partial charge is 0.464 e. The van der Waals surface area contributed by atoms with Gasteiger partial charge in [0.15, 0.2) is 0 Å². The number of hydrogen-bond donors (Lipinski definition) is 2. The van der Waals surface area contributed by atoms with Gasteiger partial charge in [-0.3, -0.25) is 4.79 Å². The third-order valence-electron chi connectivity index (χ3n) is 3.63. The van der Waals surface area contributed by atoms with E-state index in [2.05, 4.69) is 10.0 Å². The van der Waals surface area contributed by atoms with Gasteiger partial charge in [0, 0.05) is 5.56 Å². The van der Waals surface area contributed by atoms with E-state index in [1.54, 1.807) is 30.3 Å². The number of sulfonamides is 1. The maximum absolute atomic E-state index is 12.6. The summed E-state index contributed by atoms with van der Waals surface area (Å²) in [5, 5.41) is 11.0. The molecule has 2 N–H and O–H groups in total. The van der Waals surface area contributed by atoms with Crippen LogP contribution in [-0.2, 0) is 14.8 Å². The first-order chi connectivity index (χ1) is 12.3. The third kappa shape index (κ3) is 5.18. The highest BCUT2D eigenvalue weighted by molar-refractivity contribution is 7.89. The van der Waals surface area contributed by atoms with Crippen LogP contribution in [0.15, 0.2) is 52.0 Å². The molecule has 2 aromatic rings. The Hall–Kier alpha value is -2.63. The minimum atomic E-state index is -3.89. The molecule has 1 aromatic carbocycles. The van der Waals surface area contributed by atoms with Crippen LogP contribution in [0, 0.1) is 17.2 Å². The highest BCUT2D eigenvalue weighted by atomic mass is 32.2. The van der Waals surface area contributed by atoms with E-state index in [-0.39, 0.29) is 17.4 Å². The minimum absolute atomic E-state index is 0.0506. The molecule has 0 saturated heterocycles. The zero-order valence-corrected chi connectivity index (χ0v) is 15.4. The van der Waals surface area contributed by atoms with E-state index >= 15 is 0 Å². The highest BCUT2D eigenvalue weighted by Gasteiger charge is 2.26. The van der Waals surface area contributed by atoms with Gasteiger partial charge in [0.1, 0.15) is 18.3 Å². The van der Waals surface area contributed by atoms with Crippen molar-refractivity contribution in [3.63, 3.8) is 0 Å². The van der Waals surface area contributed by atoms with Gasteiger partial charge in [-0.1, -0.05) is 13.8 Å². The molecule has 0 fully saturated rings. The van der Waals surface area contributed by atoms with Crippen molar-refractivity contribution in [1.82, 2.24) is 10.0 Å². The zero-order chi connectivity index (χ0) is 19.2. The number of amides is 1. The summed E-state index contributed by atoms with van der Waals surface area (Å²) in [6.07, 6.45) is 1.86. The predicted octanol–water partition coefficient (Wildman–Crippen LogP) is 2.28. The Kier molecular flexibility index (Phi) is 6.55. The van der Waals surface area contributed by atoms with Gasteiger partial charge in [0.05, 0.1) is 17.2 Å². The van der Waals surface area contributed by atoms with Crippen LogP contribution in [0.3, 0.4) is 0 Å². The molecule has 0 aliphatic carbocycles. The maximum Gasteiger partial charge on any atom is 0.241 e. The van der Waals surface area contributed by atoms with E-state index in [4.69, 9.17) is 9.68 Å². The molecule has 1 atom stereocenters. The lowest BCUT2D eigenvalue weighted by atomic mass is 10.0. The standard InChI is InChI=1S/C18H21N3O4S/c1-13(2)12-16(18(22)20-10-9-19)21-26(23,24)15-7-5-14(6-8-15)17-4-3-11-25-17/h3-8,11,13,16,21H,10,12H2,1-2H3,(H,20,22)/t16-/m0/s1. The summed E-state index contributed by atoms with van der Waals surface area (Å²) in [4.78, 5) is 12.2. The van der Waals surface area contributed by atoms with Gasteiger partial charge < -0.3 is 9.73 Å². The van der Waals surface area contributed by atoms with E-state index in [0.29, 0.717) is 12.2 Å². The molecular weight excluding hydrogens is 354 g/mol. The lowest BCUT2D eigenvalue weighted by Crippen LogP contribution is -2.47. The summed E-state index contributed by atoms with van der Waals surface area (Å²) in [6, 6.07) is 10.6. The summed E-state index contributed by atoms with van der Waals surface area (Å²) in [7, 11) is -3.89. The minimum Gasteiger partial charge on any atom is -0.464 e. The van der Waals surface area contributed by atoms with Crippen LogP contribution in [0.1, 0.15) is 20.3 Å². The number of carbonyl (C=O) groups excluding carboxylic acids is 1. The van der Waals surface area contributed by atoms with Crippen molar-refractivity contribution in [2.45, 2.75) is 31.2 Å². The van der Waals surface area contributed by atoms with Crippen LogP contribution in [0.5, 0.6) is 0 Å². The van der Waals surface area contributed by atoms with E-state index < -0.39 is 22.0 Å². The van der Waals surface area contributed by atoms with Gasteiger partial charge in [-0.25, -0.2) is 8.42 Å². The SMILES string of the molecule is CC(C)C[C@H](NS(=O)(=O)c1ccc(-c2ccco2)cc1)C(=O)NCC#N. The first-order valence-corrected chi connectivity index (χ1v) is 9.62. The predicted molar refractivity (Wildman–Crippen MR) is 96.3 cm³/mol. The second-order valence-corrected chi connectivity index (χ2v) is 7.90.